The number of hydrogen-bond donors (Lipinski definition) is 1. The van der Waals surface area contributed by atoms with Crippen molar-refractivity contribution in [3.63, 3.8) is 0 Å². The van der Waals surface area contributed by atoms with Gasteiger partial charge in [0, 0.05) is 5.56 Å². The summed E-state index contributed by atoms with van der Waals surface area (Å²) in [4.78, 5) is 10.6. The lowest BCUT2D eigenvalue weighted by molar-refractivity contribution is 0.206. The summed E-state index contributed by atoms with van der Waals surface area (Å²) in [6.07, 6.45) is 6.44. The van der Waals surface area contributed by atoms with E-state index in [-0.39, 0.29) is 0 Å². The Kier molecular flexibility index (Phi) is 5.96. The van der Waals surface area contributed by atoms with E-state index in [2.05, 4.69) is 54.2 Å². The molecule has 3 aromatic rings. The minimum atomic E-state index is 0.787. The molecule has 1 aliphatic rings. The number of nitrogens with one attached hydrogen (secondary N) is 1. The Hall–Kier alpha value is -2.33. The quantitative estimate of drug-likeness (QED) is 0.558. The number of fused-ring (bicyclic) bond motifs is 1. The highest BCUT2D eigenvalue weighted by atomic mass is 16.5. The van der Waals surface area contributed by atoms with E-state index < -0.39 is 0 Å². The molecule has 4 heteroatoms. The third-order valence-electron chi connectivity index (χ3n) is 5.94. The van der Waals surface area contributed by atoms with Crippen molar-refractivity contribution in [2.24, 2.45) is 5.92 Å². The van der Waals surface area contributed by atoms with Gasteiger partial charge < -0.3 is 14.6 Å². The van der Waals surface area contributed by atoms with Crippen molar-refractivity contribution < 1.29 is 4.74 Å². The van der Waals surface area contributed by atoms with E-state index in [4.69, 9.17) is 9.72 Å². The van der Waals surface area contributed by atoms with Crippen LogP contribution in [0, 0.1) is 12.8 Å². The number of H-pyrrole nitrogens is 1. The van der Waals surface area contributed by atoms with Gasteiger partial charge in [-0.1, -0.05) is 30.7 Å². The van der Waals surface area contributed by atoms with Crippen molar-refractivity contribution in [1.82, 2.24) is 14.9 Å². The molecule has 2 aromatic carbocycles. The van der Waals surface area contributed by atoms with E-state index in [1.807, 2.05) is 12.1 Å². The first-order valence-electron chi connectivity index (χ1n) is 10.6. The number of likely N-dealkylation sites (tertiary alicyclic amines) is 1. The predicted molar refractivity (Wildman–Crippen MR) is 116 cm³/mol. The molecule has 0 saturated carbocycles. The number of nitrogens with zero attached hydrogens (tertiary/aromatic N) is 2. The van der Waals surface area contributed by atoms with Crippen LogP contribution in [0.1, 0.15) is 37.7 Å². The second-order valence-corrected chi connectivity index (χ2v) is 8.18. The minimum absolute atomic E-state index is 0.787. The van der Waals surface area contributed by atoms with Crippen LogP contribution in [0.2, 0.25) is 0 Å². The first kappa shape index (κ1) is 19.0. The van der Waals surface area contributed by atoms with Gasteiger partial charge >= 0.3 is 0 Å². The zero-order valence-electron chi connectivity index (χ0n) is 17.1. The van der Waals surface area contributed by atoms with Crippen LogP contribution >= 0.6 is 0 Å². The van der Waals surface area contributed by atoms with Gasteiger partial charge in [0.2, 0.25) is 0 Å². The molecule has 1 saturated heterocycles. The average Bonchev–Trinajstić information content (AvgIpc) is 3.15. The van der Waals surface area contributed by atoms with Gasteiger partial charge in [0.05, 0.1) is 17.6 Å². The number of aromatic nitrogens is 2. The van der Waals surface area contributed by atoms with E-state index in [9.17, 15) is 0 Å². The number of unbranched alkanes of at least 4 members (excludes halogenated alkanes) is 1. The maximum absolute atomic E-state index is 6.02. The van der Waals surface area contributed by atoms with Crippen LogP contribution in [-0.2, 0) is 0 Å². The molecule has 148 valence electrons. The van der Waals surface area contributed by atoms with Crippen LogP contribution in [0.15, 0.2) is 42.5 Å². The van der Waals surface area contributed by atoms with E-state index in [1.165, 1.54) is 44.3 Å². The van der Waals surface area contributed by atoms with E-state index in [1.54, 1.807) is 0 Å². The maximum atomic E-state index is 6.02. The van der Waals surface area contributed by atoms with Crippen LogP contribution in [0.4, 0.5) is 0 Å². The van der Waals surface area contributed by atoms with E-state index in [0.717, 1.165) is 47.1 Å². The molecule has 0 aliphatic carbocycles. The second kappa shape index (κ2) is 8.78. The Morgan fingerprint density at radius 1 is 1.11 bits per heavy atom. The van der Waals surface area contributed by atoms with Gasteiger partial charge in [-0.3, -0.25) is 0 Å². The number of benzene rings is 2. The average molecular weight is 378 g/mol. The molecule has 1 aliphatic heterocycles. The van der Waals surface area contributed by atoms with Crippen LogP contribution in [0.25, 0.3) is 22.4 Å². The smallest absolute Gasteiger partial charge is 0.138 e. The zero-order valence-corrected chi connectivity index (χ0v) is 17.1. The molecule has 0 radical (unpaired) electrons. The standard InChI is InChI=1S/C24H31N3O/c1-18-7-5-11-22-23(18)26-24(25-22)20-9-6-10-21(17-20)28-16-4-3-8-19-12-14-27(2)15-13-19/h5-7,9-11,17,19H,3-4,8,12-16H2,1-2H3,(H,25,26). The lowest BCUT2D eigenvalue weighted by atomic mass is 9.92. The Morgan fingerprint density at radius 3 is 2.75 bits per heavy atom. The normalized spacial score (nSPS) is 15.9. The molecule has 2 heterocycles. The maximum Gasteiger partial charge on any atom is 0.138 e. The number of aromatic amines is 1. The monoisotopic (exact) mass is 377 g/mol. The summed E-state index contributed by atoms with van der Waals surface area (Å²) in [6.45, 7) is 5.40. The molecule has 0 spiro atoms. The highest BCUT2D eigenvalue weighted by molar-refractivity contribution is 5.82. The summed E-state index contributed by atoms with van der Waals surface area (Å²) in [5.74, 6) is 2.74. The Labute approximate surface area is 167 Å². The fraction of sp³-hybridized carbons (Fsp3) is 0.458. The van der Waals surface area contributed by atoms with Crippen molar-refractivity contribution in [3.8, 4) is 17.1 Å². The molecule has 0 amide bonds. The molecule has 0 atom stereocenters. The largest absolute Gasteiger partial charge is 0.494 e. The molecule has 1 aromatic heterocycles. The lowest BCUT2D eigenvalue weighted by Crippen LogP contribution is -2.30. The van der Waals surface area contributed by atoms with E-state index in [0.29, 0.717) is 0 Å². The first-order valence-corrected chi connectivity index (χ1v) is 10.6. The SMILES string of the molecule is Cc1cccc2[nH]c(-c3cccc(OCCCCC4CCN(C)CC4)c3)nc12. The topological polar surface area (TPSA) is 41.1 Å². The van der Waals surface area contributed by atoms with Crippen molar-refractivity contribution in [2.75, 3.05) is 26.7 Å². The fourth-order valence-electron chi connectivity index (χ4n) is 4.12. The number of hydrogen-bond acceptors (Lipinski definition) is 3. The molecule has 0 unspecified atom stereocenters. The molecule has 1 N–H and O–H groups in total. The summed E-state index contributed by atoms with van der Waals surface area (Å²) in [6, 6.07) is 14.5. The van der Waals surface area contributed by atoms with Crippen molar-refractivity contribution in [2.45, 2.75) is 39.0 Å². The highest BCUT2D eigenvalue weighted by Gasteiger charge is 2.15. The number of imidazole rings is 1. The third kappa shape index (κ3) is 4.56. The summed E-state index contributed by atoms with van der Waals surface area (Å²) < 4.78 is 6.02. The lowest BCUT2D eigenvalue weighted by Gasteiger charge is -2.28. The van der Waals surface area contributed by atoms with Gasteiger partial charge in [-0.05, 0) is 82.4 Å². The van der Waals surface area contributed by atoms with Gasteiger partial charge in [0.1, 0.15) is 11.6 Å². The third-order valence-corrected chi connectivity index (χ3v) is 5.94. The number of para-hydroxylation sites is 1. The Balaban J connectivity index is 1.29. The Morgan fingerprint density at radius 2 is 1.93 bits per heavy atom. The van der Waals surface area contributed by atoms with Gasteiger partial charge in [0.15, 0.2) is 0 Å². The van der Waals surface area contributed by atoms with Crippen molar-refractivity contribution in [3.05, 3.63) is 48.0 Å². The predicted octanol–water partition coefficient (Wildman–Crippen LogP) is 5.43. The van der Waals surface area contributed by atoms with Crippen molar-refractivity contribution in [1.29, 1.82) is 0 Å². The first-order chi connectivity index (χ1) is 13.7. The number of rotatable bonds is 7. The van der Waals surface area contributed by atoms with Gasteiger partial charge in [-0.15, -0.1) is 0 Å². The van der Waals surface area contributed by atoms with Gasteiger partial charge in [-0.25, -0.2) is 4.98 Å². The molecular formula is C24H31N3O. The summed E-state index contributed by atoms with van der Waals surface area (Å²) in [5.41, 5.74) is 4.38. The fourth-order valence-corrected chi connectivity index (χ4v) is 4.12. The van der Waals surface area contributed by atoms with Crippen LogP contribution in [-0.4, -0.2) is 41.6 Å². The van der Waals surface area contributed by atoms with Crippen LogP contribution in [0.5, 0.6) is 5.75 Å². The highest BCUT2D eigenvalue weighted by Crippen LogP contribution is 2.26. The Bertz CT molecular complexity index is 909. The van der Waals surface area contributed by atoms with E-state index >= 15 is 0 Å². The molecule has 4 nitrogen and oxygen atoms in total. The van der Waals surface area contributed by atoms with Crippen molar-refractivity contribution >= 4 is 11.0 Å². The van der Waals surface area contributed by atoms with Crippen LogP contribution in [0.3, 0.4) is 0 Å². The molecule has 28 heavy (non-hydrogen) atoms. The summed E-state index contributed by atoms with van der Waals surface area (Å²) >= 11 is 0. The zero-order chi connectivity index (χ0) is 19.3. The molecule has 0 bridgehead atoms. The second-order valence-electron chi connectivity index (χ2n) is 8.18. The van der Waals surface area contributed by atoms with Gasteiger partial charge in [0.25, 0.3) is 0 Å². The molecule has 4 rings (SSSR count). The number of piperidine rings is 1. The van der Waals surface area contributed by atoms with Gasteiger partial charge in [-0.2, -0.15) is 0 Å². The summed E-state index contributed by atoms with van der Waals surface area (Å²) in [7, 11) is 2.23. The van der Waals surface area contributed by atoms with Crippen LogP contribution < -0.4 is 4.74 Å². The molecule has 1 fully saturated rings. The molecular weight excluding hydrogens is 346 g/mol. The number of aryl methyl sites for hydroxylation is 1. The summed E-state index contributed by atoms with van der Waals surface area (Å²) in [5, 5.41) is 0. The minimum Gasteiger partial charge on any atom is -0.494 e. The number of ether oxygens (including phenoxy) is 1.